The summed E-state index contributed by atoms with van der Waals surface area (Å²) in [6.07, 6.45) is 1.55. The van der Waals surface area contributed by atoms with Crippen molar-refractivity contribution in [2.24, 2.45) is 0 Å². The number of hydrogen-bond acceptors (Lipinski definition) is 4. The molecule has 0 aromatic heterocycles. The Balaban J connectivity index is 1.68. The molecule has 6 heteroatoms. The first kappa shape index (κ1) is 23.9. The quantitative estimate of drug-likeness (QED) is 0.432. The van der Waals surface area contributed by atoms with Gasteiger partial charge in [-0.1, -0.05) is 72.8 Å². The number of carboxylic acids is 1. The molecule has 0 unspecified atom stereocenters. The molecule has 1 fully saturated rings. The van der Waals surface area contributed by atoms with Crippen molar-refractivity contribution < 1.29 is 19.4 Å². The highest BCUT2D eigenvalue weighted by Gasteiger charge is 2.38. The van der Waals surface area contributed by atoms with E-state index in [1.165, 1.54) is 4.90 Å². The summed E-state index contributed by atoms with van der Waals surface area (Å²) in [6, 6.07) is 28.0. The Labute approximate surface area is 204 Å². The smallest absolute Gasteiger partial charge is 0.326 e. The lowest BCUT2D eigenvalue weighted by molar-refractivity contribution is -0.148. The Bertz CT molecular complexity index is 1060. The molecular weight excluding hydrogens is 446 g/mol. The van der Waals surface area contributed by atoms with Crippen molar-refractivity contribution in [2.75, 3.05) is 19.4 Å². The Hall–Kier alpha value is -3.25. The number of likely N-dealkylation sites (tertiary alicyclic amines) is 1. The fraction of sp³-hybridized carbons (Fsp3) is 0.286. The van der Waals surface area contributed by atoms with Crippen LogP contribution in [0.15, 0.2) is 84.9 Å². The van der Waals surface area contributed by atoms with Gasteiger partial charge in [0.2, 0.25) is 5.91 Å². The van der Waals surface area contributed by atoms with Crippen molar-refractivity contribution in [3.05, 3.63) is 102 Å². The number of carbonyl (C=O) groups excluding carboxylic acids is 1. The van der Waals surface area contributed by atoms with E-state index >= 15 is 0 Å². The molecule has 4 rings (SSSR count). The molecule has 1 heterocycles. The highest BCUT2D eigenvalue weighted by atomic mass is 32.2. The number of amides is 1. The number of aliphatic carboxylic acids is 1. The third kappa shape index (κ3) is 4.82. The fourth-order valence-corrected chi connectivity index (χ4v) is 6.17. The molecule has 1 saturated heterocycles. The van der Waals surface area contributed by atoms with E-state index < -0.39 is 16.8 Å². The van der Waals surface area contributed by atoms with Crippen molar-refractivity contribution in [2.45, 2.75) is 30.1 Å². The second-order valence-electron chi connectivity index (χ2n) is 8.32. The maximum absolute atomic E-state index is 13.0. The highest BCUT2D eigenvalue weighted by Crippen LogP contribution is 2.49. The van der Waals surface area contributed by atoms with Gasteiger partial charge in [-0.2, -0.15) is 0 Å². The molecule has 176 valence electrons. The molecule has 0 aliphatic carbocycles. The highest BCUT2D eigenvalue weighted by molar-refractivity contribution is 8.00. The molecule has 3 aromatic carbocycles. The number of rotatable bonds is 9. The number of carbonyl (C=O) groups is 2. The summed E-state index contributed by atoms with van der Waals surface area (Å²) in [5.41, 5.74) is 3.33. The third-order valence-electron chi connectivity index (χ3n) is 6.35. The number of methoxy groups -OCH3 is 1. The minimum atomic E-state index is -0.917. The van der Waals surface area contributed by atoms with E-state index in [-0.39, 0.29) is 12.3 Å². The molecule has 0 radical (unpaired) electrons. The van der Waals surface area contributed by atoms with Gasteiger partial charge in [0.25, 0.3) is 0 Å². The van der Waals surface area contributed by atoms with Crippen LogP contribution in [0, 0.1) is 0 Å². The lowest BCUT2D eigenvalue weighted by Crippen LogP contribution is -2.40. The fourth-order valence-electron chi connectivity index (χ4n) is 4.68. The largest absolute Gasteiger partial charge is 0.497 e. The molecule has 1 amide bonds. The van der Waals surface area contributed by atoms with Gasteiger partial charge in [-0.05, 0) is 41.7 Å². The first-order chi connectivity index (χ1) is 16.6. The van der Waals surface area contributed by atoms with Gasteiger partial charge in [0.15, 0.2) is 0 Å². The van der Waals surface area contributed by atoms with E-state index in [0.717, 1.165) is 28.9 Å². The van der Waals surface area contributed by atoms with E-state index in [0.29, 0.717) is 18.7 Å². The van der Waals surface area contributed by atoms with E-state index in [1.807, 2.05) is 48.5 Å². The van der Waals surface area contributed by atoms with E-state index in [1.54, 1.807) is 18.9 Å². The van der Waals surface area contributed by atoms with Crippen LogP contribution in [-0.4, -0.2) is 47.3 Å². The van der Waals surface area contributed by atoms with Crippen molar-refractivity contribution in [3.63, 3.8) is 0 Å². The topological polar surface area (TPSA) is 66.8 Å². The normalized spacial score (nSPS) is 15.8. The van der Waals surface area contributed by atoms with Gasteiger partial charge in [0, 0.05) is 18.7 Å². The second-order valence-corrected chi connectivity index (χ2v) is 9.63. The van der Waals surface area contributed by atoms with Gasteiger partial charge in [0.1, 0.15) is 11.8 Å². The average Bonchev–Trinajstić information content (AvgIpc) is 3.39. The zero-order valence-corrected chi connectivity index (χ0v) is 20.0. The monoisotopic (exact) mass is 475 g/mol. The number of thioether (sulfide) groups is 1. The van der Waals surface area contributed by atoms with Crippen LogP contribution >= 0.6 is 11.8 Å². The molecule has 1 aliphatic rings. The molecule has 1 atom stereocenters. The van der Waals surface area contributed by atoms with Crippen LogP contribution in [0.4, 0.5) is 0 Å². The SMILES string of the molecule is COc1ccc(C(SCCC(=O)N2CCC[C@H]2C(=O)O)(c2ccccc2)c2ccccc2)cc1. The summed E-state index contributed by atoms with van der Waals surface area (Å²) in [6.45, 7) is 0.515. The van der Waals surface area contributed by atoms with Crippen LogP contribution in [0.25, 0.3) is 0 Å². The van der Waals surface area contributed by atoms with Crippen LogP contribution in [0.1, 0.15) is 36.0 Å². The maximum Gasteiger partial charge on any atom is 0.326 e. The summed E-state index contributed by atoms with van der Waals surface area (Å²) < 4.78 is 4.85. The lowest BCUT2D eigenvalue weighted by Gasteiger charge is -2.35. The summed E-state index contributed by atoms with van der Waals surface area (Å²) >= 11 is 1.70. The van der Waals surface area contributed by atoms with Crippen LogP contribution in [-0.2, 0) is 14.3 Å². The molecule has 1 aliphatic heterocycles. The Kier molecular flexibility index (Phi) is 7.58. The minimum absolute atomic E-state index is 0.0952. The number of carboxylic acid groups (broad SMARTS) is 1. The van der Waals surface area contributed by atoms with Crippen molar-refractivity contribution >= 4 is 23.6 Å². The number of nitrogens with zero attached hydrogens (tertiary/aromatic N) is 1. The molecular formula is C28H29NO4S. The molecule has 34 heavy (non-hydrogen) atoms. The molecule has 0 bridgehead atoms. The zero-order valence-electron chi connectivity index (χ0n) is 19.2. The number of benzene rings is 3. The number of hydrogen-bond donors (Lipinski definition) is 1. The van der Waals surface area contributed by atoms with Crippen LogP contribution < -0.4 is 4.74 Å². The minimum Gasteiger partial charge on any atom is -0.497 e. The van der Waals surface area contributed by atoms with Crippen molar-refractivity contribution in [1.82, 2.24) is 4.90 Å². The first-order valence-electron chi connectivity index (χ1n) is 11.5. The van der Waals surface area contributed by atoms with E-state index in [9.17, 15) is 14.7 Å². The molecule has 3 aromatic rings. The maximum atomic E-state index is 13.0. The van der Waals surface area contributed by atoms with E-state index in [2.05, 4.69) is 36.4 Å². The van der Waals surface area contributed by atoms with Gasteiger partial charge >= 0.3 is 5.97 Å². The summed E-state index contributed by atoms with van der Waals surface area (Å²) in [4.78, 5) is 26.1. The average molecular weight is 476 g/mol. The number of ether oxygens (including phenoxy) is 1. The molecule has 5 nitrogen and oxygen atoms in total. The molecule has 0 spiro atoms. The van der Waals surface area contributed by atoms with Gasteiger partial charge in [-0.15, -0.1) is 11.8 Å². The van der Waals surface area contributed by atoms with Gasteiger partial charge in [0.05, 0.1) is 11.9 Å². The van der Waals surface area contributed by atoms with Crippen molar-refractivity contribution in [1.29, 1.82) is 0 Å². The third-order valence-corrected chi connectivity index (χ3v) is 7.90. The van der Waals surface area contributed by atoms with Gasteiger partial charge in [-0.25, -0.2) is 4.79 Å². The van der Waals surface area contributed by atoms with Gasteiger partial charge in [-0.3, -0.25) is 4.79 Å². The first-order valence-corrected chi connectivity index (χ1v) is 12.5. The summed E-state index contributed by atoms with van der Waals surface area (Å²) in [7, 11) is 1.65. The zero-order chi connectivity index (χ0) is 24.0. The second kappa shape index (κ2) is 10.8. The van der Waals surface area contributed by atoms with Crippen LogP contribution in [0.3, 0.4) is 0 Å². The predicted octanol–water partition coefficient (Wildman–Crippen LogP) is 5.19. The van der Waals surface area contributed by atoms with Crippen LogP contribution in [0.2, 0.25) is 0 Å². The lowest BCUT2D eigenvalue weighted by atomic mass is 9.84. The Morgan fingerprint density at radius 3 is 2.03 bits per heavy atom. The predicted molar refractivity (Wildman–Crippen MR) is 135 cm³/mol. The van der Waals surface area contributed by atoms with Crippen molar-refractivity contribution in [3.8, 4) is 5.75 Å². The standard InChI is InChI=1S/C28H29NO4S/c1-33-24-16-14-23(15-17-24)28(21-9-4-2-5-10-21,22-11-6-3-7-12-22)34-20-18-26(30)29-19-8-13-25(29)27(31)32/h2-7,9-12,14-17,25H,8,13,18-20H2,1H3,(H,31,32)/t25-/m0/s1. The van der Waals surface area contributed by atoms with Gasteiger partial charge < -0.3 is 14.7 Å². The van der Waals surface area contributed by atoms with Crippen LogP contribution in [0.5, 0.6) is 5.75 Å². The Morgan fingerprint density at radius 1 is 0.941 bits per heavy atom. The van der Waals surface area contributed by atoms with E-state index in [4.69, 9.17) is 4.74 Å². The summed E-state index contributed by atoms with van der Waals surface area (Å²) in [5.74, 6) is 0.326. The summed E-state index contributed by atoms with van der Waals surface area (Å²) in [5, 5.41) is 9.47. The Morgan fingerprint density at radius 2 is 1.50 bits per heavy atom. The molecule has 1 N–H and O–H groups in total. The molecule has 0 saturated carbocycles.